The maximum absolute atomic E-state index is 13.2. The van der Waals surface area contributed by atoms with E-state index in [1.165, 1.54) is 30.7 Å². The minimum absolute atomic E-state index is 0.120. The molecule has 6 nitrogen and oxygen atoms in total. The SMILES string of the molecule is CCN(c1cccc(C(=O)OC)c1C)S(=O)(=O)c1ccc(OC)c(Br)c1. The second kappa shape index (κ2) is 8.09. The lowest BCUT2D eigenvalue weighted by atomic mass is 10.1. The maximum Gasteiger partial charge on any atom is 0.338 e. The molecule has 0 N–H and O–H groups in total. The number of sulfonamides is 1. The number of halogens is 1. The van der Waals surface area contributed by atoms with Gasteiger partial charge in [-0.1, -0.05) is 6.07 Å². The maximum atomic E-state index is 13.2. The molecule has 0 saturated carbocycles. The Balaban J connectivity index is 2.57. The minimum atomic E-state index is -3.83. The number of esters is 1. The summed E-state index contributed by atoms with van der Waals surface area (Å²) in [5.74, 6) is 0.0286. The van der Waals surface area contributed by atoms with Crippen LogP contribution in [0.1, 0.15) is 22.8 Å². The fourth-order valence-electron chi connectivity index (χ4n) is 2.63. The molecule has 8 heteroatoms. The van der Waals surface area contributed by atoms with Crippen molar-refractivity contribution in [2.24, 2.45) is 0 Å². The number of rotatable bonds is 6. The van der Waals surface area contributed by atoms with Crippen molar-refractivity contribution in [1.29, 1.82) is 0 Å². The van der Waals surface area contributed by atoms with Gasteiger partial charge in [0.25, 0.3) is 10.0 Å². The molecule has 0 unspecified atom stereocenters. The molecule has 0 radical (unpaired) electrons. The van der Waals surface area contributed by atoms with Gasteiger partial charge in [0.05, 0.1) is 34.8 Å². The topological polar surface area (TPSA) is 72.9 Å². The highest BCUT2D eigenvalue weighted by Crippen LogP contribution is 2.32. The molecule has 2 rings (SSSR count). The molecule has 140 valence electrons. The highest BCUT2D eigenvalue weighted by Gasteiger charge is 2.27. The van der Waals surface area contributed by atoms with Crippen molar-refractivity contribution in [3.05, 3.63) is 52.0 Å². The van der Waals surface area contributed by atoms with Crippen LogP contribution in [0.3, 0.4) is 0 Å². The summed E-state index contributed by atoms with van der Waals surface area (Å²) in [5, 5.41) is 0. The number of carbonyl (C=O) groups is 1. The monoisotopic (exact) mass is 441 g/mol. The Hall–Kier alpha value is -2.06. The van der Waals surface area contributed by atoms with Crippen molar-refractivity contribution in [2.75, 3.05) is 25.1 Å². The van der Waals surface area contributed by atoms with Crippen LogP contribution in [0.4, 0.5) is 5.69 Å². The number of hydrogen-bond acceptors (Lipinski definition) is 5. The van der Waals surface area contributed by atoms with Crippen LogP contribution >= 0.6 is 15.9 Å². The largest absolute Gasteiger partial charge is 0.496 e. The third kappa shape index (κ3) is 3.71. The molecule has 0 atom stereocenters. The van der Waals surface area contributed by atoms with Gasteiger partial charge in [0.15, 0.2) is 0 Å². The lowest BCUT2D eigenvalue weighted by Gasteiger charge is -2.25. The van der Waals surface area contributed by atoms with Crippen LogP contribution in [0.15, 0.2) is 45.8 Å². The van der Waals surface area contributed by atoms with Crippen LogP contribution in [0.5, 0.6) is 5.75 Å². The predicted octanol–water partition coefficient (Wildman–Crippen LogP) is 3.77. The average molecular weight is 442 g/mol. The quantitative estimate of drug-likeness (QED) is 0.637. The van der Waals surface area contributed by atoms with E-state index in [0.29, 0.717) is 27.0 Å². The van der Waals surface area contributed by atoms with Crippen LogP contribution in [0, 0.1) is 6.92 Å². The van der Waals surface area contributed by atoms with Gasteiger partial charge in [0.1, 0.15) is 5.75 Å². The van der Waals surface area contributed by atoms with Crippen molar-refractivity contribution in [3.63, 3.8) is 0 Å². The Morgan fingerprint density at radius 3 is 2.42 bits per heavy atom. The zero-order valence-corrected chi connectivity index (χ0v) is 17.3. The first kappa shape index (κ1) is 20.3. The molecule has 0 aromatic heterocycles. The Morgan fingerprint density at radius 2 is 1.88 bits per heavy atom. The van der Waals surface area contributed by atoms with E-state index in [4.69, 9.17) is 9.47 Å². The number of hydrogen-bond donors (Lipinski definition) is 0. The van der Waals surface area contributed by atoms with Crippen molar-refractivity contribution in [3.8, 4) is 5.75 Å². The number of ether oxygens (including phenoxy) is 2. The number of benzene rings is 2. The average Bonchev–Trinajstić information content (AvgIpc) is 2.62. The molecule has 0 aliphatic heterocycles. The van der Waals surface area contributed by atoms with Crippen LogP contribution in [0.2, 0.25) is 0 Å². The first-order chi connectivity index (χ1) is 12.3. The van der Waals surface area contributed by atoms with E-state index in [0.717, 1.165) is 0 Å². The second-order valence-electron chi connectivity index (χ2n) is 5.41. The zero-order valence-electron chi connectivity index (χ0n) is 14.9. The summed E-state index contributed by atoms with van der Waals surface area (Å²) in [5.41, 5.74) is 1.30. The molecule has 0 fully saturated rings. The normalized spacial score (nSPS) is 11.1. The summed E-state index contributed by atoms with van der Waals surface area (Å²) >= 11 is 3.31. The first-order valence-corrected chi connectivity index (χ1v) is 10.0. The third-order valence-corrected chi connectivity index (χ3v) is 6.48. The van der Waals surface area contributed by atoms with E-state index in [9.17, 15) is 13.2 Å². The van der Waals surface area contributed by atoms with Gasteiger partial charge in [0, 0.05) is 6.54 Å². The summed E-state index contributed by atoms with van der Waals surface area (Å²) in [7, 11) is -1.03. The first-order valence-electron chi connectivity index (χ1n) is 7.82. The van der Waals surface area contributed by atoms with Gasteiger partial charge >= 0.3 is 5.97 Å². The summed E-state index contributed by atoms with van der Waals surface area (Å²) in [4.78, 5) is 12.0. The minimum Gasteiger partial charge on any atom is -0.496 e. The van der Waals surface area contributed by atoms with E-state index >= 15 is 0 Å². The Kier molecular flexibility index (Phi) is 6.30. The smallest absolute Gasteiger partial charge is 0.338 e. The van der Waals surface area contributed by atoms with Gasteiger partial charge in [-0.2, -0.15) is 0 Å². The fourth-order valence-corrected chi connectivity index (χ4v) is 4.88. The highest BCUT2D eigenvalue weighted by atomic mass is 79.9. The molecular weight excluding hydrogens is 422 g/mol. The number of methoxy groups -OCH3 is 2. The van der Waals surface area contributed by atoms with Gasteiger partial charge in [-0.3, -0.25) is 4.31 Å². The molecule has 0 bridgehead atoms. The molecule has 0 spiro atoms. The van der Waals surface area contributed by atoms with Gasteiger partial charge in [-0.15, -0.1) is 0 Å². The summed E-state index contributed by atoms with van der Waals surface area (Å²) in [6, 6.07) is 9.48. The molecule has 0 aliphatic rings. The number of anilines is 1. The van der Waals surface area contributed by atoms with Crippen molar-refractivity contribution < 1.29 is 22.7 Å². The van der Waals surface area contributed by atoms with Gasteiger partial charge in [0.2, 0.25) is 0 Å². The molecule has 2 aromatic carbocycles. The van der Waals surface area contributed by atoms with Gasteiger partial charge in [-0.25, -0.2) is 13.2 Å². The Labute approximate surface area is 161 Å². The van der Waals surface area contributed by atoms with E-state index in [2.05, 4.69) is 15.9 Å². The third-order valence-electron chi connectivity index (χ3n) is 3.98. The summed E-state index contributed by atoms with van der Waals surface area (Å²) in [6.07, 6.45) is 0. The second-order valence-corrected chi connectivity index (χ2v) is 8.12. The molecule has 26 heavy (non-hydrogen) atoms. The van der Waals surface area contributed by atoms with Gasteiger partial charge < -0.3 is 9.47 Å². The fraction of sp³-hybridized carbons (Fsp3) is 0.278. The molecule has 0 heterocycles. The predicted molar refractivity (Wildman–Crippen MR) is 103 cm³/mol. The molecule has 2 aromatic rings. The lowest BCUT2D eigenvalue weighted by molar-refractivity contribution is 0.0600. The van der Waals surface area contributed by atoms with E-state index in [1.807, 2.05) is 0 Å². The standard InChI is InChI=1S/C18H20BrNO5S/c1-5-20(16-8-6-7-14(12(16)2)18(21)25-4)26(22,23)13-9-10-17(24-3)15(19)11-13/h6-11H,5H2,1-4H3. The lowest BCUT2D eigenvalue weighted by Crippen LogP contribution is -2.31. The number of nitrogens with zero attached hydrogens (tertiary/aromatic N) is 1. The molecule has 0 aliphatic carbocycles. The van der Waals surface area contributed by atoms with Crippen LogP contribution in [-0.2, 0) is 14.8 Å². The van der Waals surface area contributed by atoms with E-state index in [-0.39, 0.29) is 11.4 Å². The van der Waals surface area contributed by atoms with Crippen LogP contribution in [0.25, 0.3) is 0 Å². The van der Waals surface area contributed by atoms with Crippen molar-refractivity contribution in [1.82, 2.24) is 0 Å². The summed E-state index contributed by atoms with van der Waals surface area (Å²) in [6.45, 7) is 3.64. The van der Waals surface area contributed by atoms with Crippen LogP contribution < -0.4 is 9.04 Å². The Bertz CT molecular complexity index is 927. The van der Waals surface area contributed by atoms with E-state index < -0.39 is 16.0 Å². The van der Waals surface area contributed by atoms with Crippen molar-refractivity contribution >= 4 is 37.6 Å². The zero-order chi connectivity index (χ0) is 19.5. The van der Waals surface area contributed by atoms with Crippen LogP contribution in [-0.4, -0.2) is 35.2 Å². The molecular formula is C18H20BrNO5S. The van der Waals surface area contributed by atoms with E-state index in [1.54, 1.807) is 38.1 Å². The van der Waals surface area contributed by atoms with Gasteiger partial charge in [-0.05, 0) is 65.7 Å². The molecule has 0 saturated heterocycles. The number of carbonyl (C=O) groups excluding carboxylic acids is 1. The highest BCUT2D eigenvalue weighted by molar-refractivity contribution is 9.10. The molecule has 0 amide bonds. The summed E-state index contributed by atoms with van der Waals surface area (Å²) < 4.78 is 38.1. The van der Waals surface area contributed by atoms with Crippen molar-refractivity contribution in [2.45, 2.75) is 18.7 Å². The Morgan fingerprint density at radius 1 is 1.19 bits per heavy atom.